The van der Waals surface area contributed by atoms with Crippen molar-refractivity contribution in [1.82, 2.24) is 0 Å². The van der Waals surface area contributed by atoms with Crippen molar-refractivity contribution >= 4 is 11.6 Å². The van der Waals surface area contributed by atoms with Gasteiger partial charge in [-0.05, 0) is 41.5 Å². The molecule has 0 radical (unpaired) electrons. The summed E-state index contributed by atoms with van der Waals surface area (Å²) in [4.78, 5) is 11.0. The van der Waals surface area contributed by atoms with Crippen LogP contribution in [0.4, 0.5) is 5.69 Å². The molecule has 4 nitrogen and oxygen atoms in total. The number of hydrogen-bond acceptors (Lipinski definition) is 3. The van der Waals surface area contributed by atoms with E-state index in [0.29, 0.717) is 12.1 Å². The number of anilines is 1. The van der Waals surface area contributed by atoms with E-state index in [4.69, 9.17) is 10.5 Å². The van der Waals surface area contributed by atoms with Crippen LogP contribution in [0.15, 0.2) is 42.5 Å². The number of nitrogens with one attached hydrogen (secondary N) is 1. The first-order chi connectivity index (χ1) is 9.72. The van der Waals surface area contributed by atoms with Crippen LogP contribution in [0.3, 0.4) is 0 Å². The molecule has 0 spiro atoms. The van der Waals surface area contributed by atoms with E-state index in [9.17, 15) is 4.79 Å². The number of carbonyl (C=O) groups is 1. The minimum absolute atomic E-state index is 0.400. The number of primary amides is 1. The summed E-state index contributed by atoms with van der Waals surface area (Å²) >= 11 is 0. The number of carbonyl (C=O) groups excluding carboxylic acids is 1. The molecule has 0 aliphatic carbocycles. The van der Waals surface area contributed by atoms with Gasteiger partial charge in [-0.25, -0.2) is 0 Å². The molecule has 20 heavy (non-hydrogen) atoms. The lowest BCUT2D eigenvalue weighted by atomic mass is 10.1. The second kappa shape index (κ2) is 5.25. The van der Waals surface area contributed by atoms with Crippen molar-refractivity contribution in [2.75, 3.05) is 11.9 Å². The average molecular weight is 268 g/mol. The zero-order chi connectivity index (χ0) is 13.9. The number of ether oxygens (including phenoxy) is 1. The molecule has 3 rings (SSSR count). The SMILES string of the molecule is NC(=O)c1ccc(CNc2ccc3c(c2)CCO3)cc1. The van der Waals surface area contributed by atoms with Gasteiger partial charge in [0.2, 0.25) is 5.91 Å². The maximum Gasteiger partial charge on any atom is 0.248 e. The maximum absolute atomic E-state index is 11.0. The third kappa shape index (κ3) is 2.59. The summed E-state index contributed by atoms with van der Waals surface area (Å²) in [5, 5.41) is 3.37. The highest BCUT2D eigenvalue weighted by Crippen LogP contribution is 2.27. The number of benzene rings is 2. The Labute approximate surface area is 117 Å². The molecule has 0 unspecified atom stereocenters. The predicted molar refractivity (Wildman–Crippen MR) is 77.9 cm³/mol. The highest BCUT2D eigenvalue weighted by molar-refractivity contribution is 5.92. The molecule has 2 aromatic carbocycles. The Morgan fingerprint density at radius 3 is 2.75 bits per heavy atom. The number of amides is 1. The van der Waals surface area contributed by atoms with Crippen LogP contribution in [-0.2, 0) is 13.0 Å². The van der Waals surface area contributed by atoms with Gasteiger partial charge in [-0.15, -0.1) is 0 Å². The van der Waals surface area contributed by atoms with Crippen LogP contribution in [0.2, 0.25) is 0 Å². The third-order valence-electron chi connectivity index (χ3n) is 3.42. The highest BCUT2D eigenvalue weighted by atomic mass is 16.5. The van der Waals surface area contributed by atoms with E-state index in [1.807, 2.05) is 24.3 Å². The van der Waals surface area contributed by atoms with Crippen LogP contribution >= 0.6 is 0 Å². The molecule has 2 aromatic rings. The van der Waals surface area contributed by atoms with E-state index in [1.54, 1.807) is 12.1 Å². The molecule has 102 valence electrons. The van der Waals surface area contributed by atoms with Gasteiger partial charge in [-0.2, -0.15) is 0 Å². The molecule has 0 bridgehead atoms. The Hall–Kier alpha value is -2.49. The number of fused-ring (bicyclic) bond motifs is 1. The van der Waals surface area contributed by atoms with E-state index < -0.39 is 5.91 Å². The molecule has 4 heteroatoms. The third-order valence-corrected chi connectivity index (χ3v) is 3.42. The van der Waals surface area contributed by atoms with E-state index in [0.717, 1.165) is 30.0 Å². The molecule has 0 aromatic heterocycles. The van der Waals surface area contributed by atoms with Crippen molar-refractivity contribution in [1.29, 1.82) is 0 Å². The van der Waals surface area contributed by atoms with E-state index in [-0.39, 0.29) is 0 Å². The summed E-state index contributed by atoms with van der Waals surface area (Å²) < 4.78 is 5.48. The second-order valence-corrected chi connectivity index (χ2v) is 4.84. The number of nitrogens with two attached hydrogens (primary N) is 1. The molecule has 3 N–H and O–H groups in total. The van der Waals surface area contributed by atoms with E-state index >= 15 is 0 Å². The number of hydrogen-bond donors (Lipinski definition) is 2. The van der Waals surface area contributed by atoms with Gasteiger partial charge in [-0.3, -0.25) is 4.79 Å². The Morgan fingerprint density at radius 1 is 1.20 bits per heavy atom. The van der Waals surface area contributed by atoms with Gasteiger partial charge in [0.1, 0.15) is 5.75 Å². The van der Waals surface area contributed by atoms with Crippen molar-refractivity contribution in [2.24, 2.45) is 5.73 Å². The molecule has 1 amide bonds. The normalized spacial score (nSPS) is 12.6. The topological polar surface area (TPSA) is 64.4 Å². The minimum atomic E-state index is -0.400. The zero-order valence-corrected chi connectivity index (χ0v) is 11.1. The lowest BCUT2D eigenvalue weighted by Crippen LogP contribution is -2.10. The van der Waals surface area contributed by atoms with Gasteiger partial charge < -0.3 is 15.8 Å². The lowest BCUT2D eigenvalue weighted by molar-refractivity contribution is 0.100. The number of rotatable bonds is 4. The average Bonchev–Trinajstić information content (AvgIpc) is 2.93. The quantitative estimate of drug-likeness (QED) is 0.894. The lowest BCUT2D eigenvalue weighted by Gasteiger charge is -2.08. The summed E-state index contributed by atoms with van der Waals surface area (Å²) in [6.07, 6.45) is 0.970. The summed E-state index contributed by atoms with van der Waals surface area (Å²) in [6, 6.07) is 13.4. The summed E-state index contributed by atoms with van der Waals surface area (Å²) in [5.41, 5.74) is 9.18. The minimum Gasteiger partial charge on any atom is -0.493 e. The molecule has 1 aliphatic rings. The fourth-order valence-corrected chi connectivity index (χ4v) is 2.29. The van der Waals surface area contributed by atoms with Crippen molar-refractivity contribution in [3.63, 3.8) is 0 Å². The zero-order valence-electron chi connectivity index (χ0n) is 11.1. The molecular formula is C16H16N2O2. The van der Waals surface area contributed by atoms with Crippen LogP contribution in [0.1, 0.15) is 21.5 Å². The van der Waals surface area contributed by atoms with Crippen LogP contribution in [-0.4, -0.2) is 12.5 Å². The molecule has 0 atom stereocenters. The van der Waals surface area contributed by atoms with Gasteiger partial charge in [-0.1, -0.05) is 12.1 Å². The van der Waals surface area contributed by atoms with Gasteiger partial charge in [0.25, 0.3) is 0 Å². The first-order valence-corrected chi connectivity index (χ1v) is 6.61. The van der Waals surface area contributed by atoms with Crippen LogP contribution in [0.25, 0.3) is 0 Å². The first kappa shape index (κ1) is 12.5. The van der Waals surface area contributed by atoms with Gasteiger partial charge >= 0.3 is 0 Å². The fraction of sp³-hybridized carbons (Fsp3) is 0.188. The smallest absolute Gasteiger partial charge is 0.248 e. The van der Waals surface area contributed by atoms with Gasteiger partial charge in [0, 0.05) is 24.2 Å². The summed E-state index contributed by atoms with van der Waals surface area (Å²) in [5.74, 6) is 0.587. The molecule has 1 aliphatic heterocycles. The van der Waals surface area contributed by atoms with Crippen LogP contribution in [0.5, 0.6) is 5.75 Å². The summed E-state index contributed by atoms with van der Waals surface area (Å²) in [6.45, 7) is 1.48. The Bertz CT molecular complexity index is 635. The predicted octanol–water partition coefficient (Wildman–Crippen LogP) is 2.33. The molecule has 1 heterocycles. The first-order valence-electron chi connectivity index (χ1n) is 6.61. The van der Waals surface area contributed by atoms with Crippen molar-refractivity contribution in [3.8, 4) is 5.75 Å². The largest absolute Gasteiger partial charge is 0.493 e. The Morgan fingerprint density at radius 2 is 2.00 bits per heavy atom. The molecule has 0 fully saturated rings. The Balaban J connectivity index is 1.65. The van der Waals surface area contributed by atoms with Crippen molar-refractivity contribution < 1.29 is 9.53 Å². The Kier molecular flexibility index (Phi) is 3.29. The van der Waals surface area contributed by atoms with Crippen molar-refractivity contribution in [3.05, 3.63) is 59.2 Å². The highest BCUT2D eigenvalue weighted by Gasteiger charge is 2.11. The monoisotopic (exact) mass is 268 g/mol. The summed E-state index contributed by atoms with van der Waals surface area (Å²) in [7, 11) is 0. The van der Waals surface area contributed by atoms with Crippen LogP contribution < -0.4 is 15.8 Å². The van der Waals surface area contributed by atoms with Crippen molar-refractivity contribution in [2.45, 2.75) is 13.0 Å². The molecule has 0 saturated carbocycles. The van der Waals surface area contributed by atoms with Crippen LogP contribution in [0, 0.1) is 0 Å². The molecule has 0 saturated heterocycles. The maximum atomic E-state index is 11.0. The fourth-order valence-electron chi connectivity index (χ4n) is 2.29. The van der Waals surface area contributed by atoms with Gasteiger partial charge in [0.05, 0.1) is 6.61 Å². The second-order valence-electron chi connectivity index (χ2n) is 4.84. The van der Waals surface area contributed by atoms with Gasteiger partial charge in [0.15, 0.2) is 0 Å². The van der Waals surface area contributed by atoms with E-state index in [1.165, 1.54) is 5.56 Å². The molecular weight excluding hydrogens is 252 g/mol. The van der Waals surface area contributed by atoms with E-state index in [2.05, 4.69) is 11.4 Å². The standard InChI is InChI=1S/C16H16N2O2/c17-16(19)12-3-1-11(2-4-12)10-18-14-5-6-15-13(9-14)7-8-20-15/h1-6,9,18H,7-8,10H2,(H2,17,19).